The van der Waals surface area contributed by atoms with E-state index in [2.05, 4.69) is 10.6 Å². The SMILES string of the molecule is O=C(CC1CCCCCC1)NCCC1CCNC1. The second kappa shape index (κ2) is 7.78. The van der Waals surface area contributed by atoms with Crippen molar-refractivity contribution in [3.8, 4) is 0 Å². The molecule has 2 rings (SSSR count). The molecule has 3 heteroatoms. The Morgan fingerprint density at radius 3 is 2.50 bits per heavy atom. The Hall–Kier alpha value is -0.570. The second-order valence-corrected chi connectivity index (χ2v) is 6.06. The Kier molecular flexibility index (Phi) is 5.98. The van der Waals surface area contributed by atoms with Crippen LogP contribution in [0.5, 0.6) is 0 Å². The Labute approximate surface area is 111 Å². The summed E-state index contributed by atoms with van der Waals surface area (Å²) in [5.74, 6) is 1.72. The molecule has 104 valence electrons. The zero-order valence-electron chi connectivity index (χ0n) is 11.5. The first-order chi connectivity index (χ1) is 8.84. The largest absolute Gasteiger partial charge is 0.356 e. The van der Waals surface area contributed by atoms with Gasteiger partial charge in [0, 0.05) is 13.0 Å². The van der Waals surface area contributed by atoms with Crippen LogP contribution in [-0.4, -0.2) is 25.5 Å². The third kappa shape index (κ3) is 4.97. The van der Waals surface area contributed by atoms with Gasteiger partial charge in [0.2, 0.25) is 5.91 Å². The van der Waals surface area contributed by atoms with Gasteiger partial charge in [0.25, 0.3) is 0 Å². The van der Waals surface area contributed by atoms with Crippen molar-refractivity contribution in [1.82, 2.24) is 10.6 Å². The van der Waals surface area contributed by atoms with Gasteiger partial charge in [-0.3, -0.25) is 4.79 Å². The van der Waals surface area contributed by atoms with Crippen LogP contribution >= 0.6 is 0 Å². The number of amides is 1. The van der Waals surface area contributed by atoms with Gasteiger partial charge in [-0.05, 0) is 50.6 Å². The summed E-state index contributed by atoms with van der Waals surface area (Å²) >= 11 is 0. The number of hydrogen-bond acceptors (Lipinski definition) is 2. The van der Waals surface area contributed by atoms with E-state index >= 15 is 0 Å². The maximum Gasteiger partial charge on any atom is 0.220 e. The van der Waals surface area contributed by atoms with Crippen molar-refractivity contribution in [2.45, 2.75) is 57.8 Å². The first-order valence-corrected chi connectivity index (χ1v) is 7.82. The molecule has 0 bridgehead atoms. The van der Waals surface area contributed by atoms with E-state index in [0.29, 0.717) is 5.92 Å². The lowest BCUT2D eigenvalue weighted by atomic mass is 9.96. The minimum Gasteiger partial charge on any atom is -0.356 e. The zero-order valence-corrected chi connectivity index (χ0v) is 11.5. The topological polar surface area (TPSA) is 41.1 Å². The van der Waals surface area contributed by atoms with Gasteiger partial charge in [-0.25, -0.2) is 0 Å². The summed E-state index contributed by atoms with van der Waals surface area (Å²) in [6.07, 6.45) is 11.1. The summed E-state index contributed by atoms with van der Waals surface area (Å²) in [6, 6.07) is 0. The van der Waals surface area contributed by atoms with E-state index in [-0.39, 0.29) is 5.91 Å². The van der Waals surface area contributed by atoms with Crippen molar-refractivity contribution in [1.29, 1.82) is 0 Å². The summed E-state index contributed by atoms with van der Waals surface area (Å²) < 4.78 is 0. The van der Waals surface area contributed by atoms with Gasteiger partial charge in [0.1, 0.15) is 0 Å². The highest BCUT2D eigenvalue weighted by molar-refractivity contribution is 5.76. The molecule has 1 saturated carbocycles. The van der Waals surface area contributed by atoms with Crippen molar-refractivity contribution in [2.75, 3.05) is 19.6 Å². The van der Waals surface area contributed by atoms with Crippen LogP contribution in [0.4, 0.5) is 0 Å². The highest BCUT2D eigenvalue weighted by Gasteiger charge is 2.17. The van der Waals surface area contributed by atoms with Gasteiger partial charge in [-0.15, -0.1) is 0 Å². The minimum atomic E-state index is 0.285. The molecule has 2 N–H and O–H groups in total. The lowest BCUT2D eigenvalue weighted by Crippen LogP contribution is -2.28. The van der Waals surface area contributed by atoms with Crippen LogP contribution in [0.25, 0.3) is 0 Å². The molecule has 0 aromatic carbocycles. The van der Waals surface area contributed by atoms with E-state index in [1.807, 2.05) is 0 Å². The summed E-state index contributed by atoms with van der Waals surface area (Å²) in [6.45, 7) is 3.16. The van der Waals surface area contributed by atoms with Crippen LogP contribution in [0.3, 0.4) is 0 Å². The molecular weight excluding hydrogens is 224 g/mol. The van der Waals surface area contributed by atoms with Crippen LogP contribution in [0.2, 0.25) is 0 Å². The molecule has 18 heavy (non-hydrogen) atoms. The fourth-order valence-corrected chi connectivity index (χ4v) is 3.28. The minimum absolute atomic E-state index is 0.285. The standard InChI is InChI=1S/C15H28N2O/c18-15(11-13-5-3-1-2-4-6-13)17-10-8-14-7-9-16-12-14/h13-14,16H,1-12H2,(H,17,18). The van der Waals surface area contributed by atoms with E-state index in [4.69, 9.17) is 0 Å². The Balaban J connectivity index is 1.56. The van der Waals surface area contributed by atoms with E-state index < -0.39 is 0 Å². The predicted molar refractivity (Wildman–Crippen MR) is 74.4 cm³/mol. The van der Waals surface area contributed by atoms with E-state index in [0.717, 1.165) is 38.4 Å². The molecule has 1 aliphatic carbocycles. The summed E-state index contributed by atoms with van der Waals surface area (Å²) in [7, 11) is 0. The summed E-state index contributed by atoms with van der Waals surface area (Å²) in [5.41, 5.74) is 0. The third-order valence-corrected chi connectivity index (χ3v) is 4.49. The zero-order chi connectivity index (χ0) is 12.6. The first-order valence-electron chi connectivity index (χ1n) is 7.82. The maximum atomic E-state index is 11.9. The fraction of sp³-hybridized carbons (Fsp3) is 0.933. The molecule has 1 saturated heterocycles. The van der Waals surface area contributed by atoms with Gasteiger partial charge in [-0.2, -0.15) is 0 Å². The van der Waals surface area contributed by atoms with Gasteiger partial charge >= 0.3 is 0 Å². The van der Waals surface area contributed by atoms with Crippen LogP contribution in [0, 0.1) is 11.8 Å². The molecule has 0 aromatic heterocycles. The van der Waals surface area contributed by atoms with E-state index in [1.165, 1.54) is 44.9 Å². The number of carbonyl (C=O) groups excluding carboxylic acids is 1. The molecule has 1 unspecified atom stereocenters. The second-order valence-electron chi connectivity index (χ2n) is 6.06. The van der Waals surface area contributed by atoms with Crippen molar-refractivity contribution < 1.29 is 4.79 Å². The van der Waals surface area contributed by atoms with Crippen LogP contribution in [0.1, 0.15) is 57.8 Å². The Bertz CT molecular complexity index is 241. The number of hydrogen-bond donors (Lipinski definition) is 2. The number of carbonyl (C=O) groups is 1. The molecule has 1 atom stereocenters. The number of rotatable bonds is 5. The van der Waals surface area contributed by atoms with Gasteiger partial charge in [0.15, 0.2) is 0 Å². The number of nitrogens with one attached hydrogen (secondary N) is 2. The quantitative estimate of drug-likeness (QED) is 0.738. The average Bonchev–Trinajstić information content (AvgIpc) is 2.74. The fourth-order valence-electron chi connectivity index (χ4n) is 3.28. The third-order valence-electron chi connectivity index (χ3n) is 4.49. The molecule has 0 radical (unpaired) electrons. The van der Waals surface area contributed by atoms with Gasteiger partial charge in [0.05, 0.1) is 0 Å². The molecule has 2 aliphatic rings. The van der Waals surface area contributed by atoms with Gasteiger partial charge < -0.3 is 10.6 Å². The summed E-state index contributed by atoms with van der Waals surface area (Å²) in [4.78, 5) is 11.9. The first kappa shape index (κ1) is 13.9. The van der Waals surface area contributed by atoms with Crippen molar-refractivity contribution >= 4 is 5.91 Å². The van der Waals surface area contributed by atoms with E-state index in [1.54, 1.807) is 0 Å². The molecule has 0 aromatic rings. The molecule has 3 nitrogen and oxygen atoms in total. The van der Waals surface area contributed by atoms with Crippen LogP contribution in [0.15, 0.2) is 0 Å². The summed E-state index contributed by atoms with van der Waals surface area (Å²) in [5, 5.41) is 6.48. The lowest BCUT2D eigenvalue weighted by molar-refractivity contribution is -0.122. The average molecular weight is 252 g/mol. The Morgan fingerprint density at radius 2 is 1.83 bits per heavy atom. The van der Waals surface area contributed by atoms with Crippen LogP contribution in [-0.2, 0) is 4.79 Å². The Morgan fingerprint density at radius 1 is 1.06 bits per heavy atom. The molecule has 1 heterocycles. The molecule has 0 spiro atoms. The van der Waals surface area contributed by atoms with Crippen molar-refractivity contribution in [3.63, 3.8) is 0 Å². The maximum absolute atomic E-state index is 11.9. The normalized spacial score (nSPS) is 25.9. The molecule has 1 amide bonds. The molecular formula is C15H28N2O. The monoisotopic (exact) mass is 252 g/mol. The van der Waals surface area contributed by atoms with Crippen molar-refractivity contribution in [2.24, 2.45) is 11.8 Å². The predicted octanol–water partition coefficient (Wildman–Crippen LogP) is 2.46. The molecule has 2 fully saturated rings. The van der Waals surface area contributed by atoms with Crippen molar-refractivity contribution in [3.05, 3.63) is 0 Å². The highest BCUT2D eigenvalue weighted by Crippen LogP contribution is 2.25. The highest BCUT2D eigenvalue weighted by atomic mass is 16.1. The lowest BCUT2D eigenvalue weighted by Gasteiger charge is -2.14. The molecule has 1 aliphatic heterocycles. The van der Waals surface area contributed by atoms with Gasteiger partial charge in [-0.1, -0.05) is 25.7 Å². The van der Waals surface area contributed by atoms with Crippen LogP contribution < -0.4 is 10.6 Å². The van der Waals surface area contributed by atoms with E-state index in [9.17, 15) is 4.79 Å². The smallest absolute Gasteiger partial charge is 0.220 e.